The molecule has 1 saturated carbocycles. The van der Waals surface area contributed by atoms with Crippen molar-refractivity contribution in [1.82, 2.24) is 10.2 Å². The Morgan fingerprint density at radius 1 is 1.29 bits per heavy atom. The molecule has 0 radical (unpaired) electrons. The highest BCUT2D eigenvalue weighted by atomic mass is 16.1. The van der Waals surface area contributed by atoms with Crippen molar-refractivity contribution < 1.29 is 4.79 Å². The zero-order valence-corrected chi connectivity index (χ0v) is 13.2. The molecule has 3 rings (SSSR count). The molecule has 2 aliphatic rings. The molecule has 1 aromatic rings. The summed E-state index contributed by atoms with van der Waals surface area (Å²) in [7, 11) is 4.10. The van der Waals surface area contributed by atoms with Crippen LogP contribution in [-0.4, -0.2) is 38.4 Å². The Hall–Kier alpha value is -1.45. The average molecular weight is 284 g/mol. The molecule has 1 aliphatic heterocycles. The fraction of sp³-hybridized carbons (Fsp3) is 0.500. The van der Waals surface area contributed by atoms with E-state index in [9.17, 15) is 4.79 Å². The molecule has 0 bridgehead atoms. The lowest BCUT2D eigenvalue weighted by Gasteiger charge is -2.51. The maximum atomic E-state index is 11.5. The van der Waals surface area contributed by atoms with Gasteiger partial charge in [-0.05, 0) is 50.6 Å². The van der Waals surface area contributed by atoms with E-state index in [4.69, 9.17) is 0 Å². The van der Waals surface area contributed by atoms with E-state index in [1.54, 1.807) is 0 Å². The van der Waals surface area contributed by atoms with E-state index in [2.05, 4.69) is 28.4 Å². The zero-order chi connectivity index (χ0) is 15.0. The third-order valence-electron chi connectivity index (χ3n) is 4.77. The predicted molar refractivity (Wildman–Crippen MR) is 86.5 cm³/mol. The van der Waals surface area contributed by atoms with Gasteiger partial charge in [0, 0.05) is 30.6 Å². The molecule has 1 saturated heterocycles. The van der Waals surface area contributed by atoms with E-state index in [-0.39, 0.29) is 0 Å². The molecule has 1 aromatic carbocycles. The molecule has 0 atom stereocenters. The fourth-order valence-electron chi connectivity index (χ4n) is 3.55. The molecule has 1 N–H and O–H groups in total. The molecule has 0 amide bonds. The highest BCUT2D eigenvalue weighted by Crippen LogP contribution is 2.48. The number of allylic oxidation sites excluding steroid dienone is 1. The van der Waals surface area contributed by atoms with Crippen LogP contribution in [0.15, 0.2) is 17.7 Å². The quantitative estimate of drug-likeness (QED) is 0.863. The monoisotopic (exact) mass is 284 g/mol. The van der Waals surface area contributed by atoms with Gasteiger partial charge in [0.15, 0.2) is 6.29 Å². The first-order valence-electron chi connectivity index (χ1n) is 7.66. The predicted octanol–water partition coefficient (Wildman–Crippen LogP) is 2.64. The third-order valence-corrected chi connectivity index (χ3v) is 4.77. The molecular weight excluding hydrogens is 260 g/mol. The van der Waals surface area contributed by atoms with Crippen molar-refractivity contribution >= 4 is 12.4 Å². The summed E-state index contributed by atoms with van der Waals surface area (Å²) in [5, 5.41) is 3.37. The van der Waals surface area contributed by atoms with E-state index in [1.165, 1.54) is 37.1 Å². The van der Waals surface area contributed by atoms with Gasteiger partial charge in [-0.15, -0.1) is 0 Å². The Labute approximate surface area is 127 Å². The highest BCUT2D eigenvalue weighted by molar-refractivity contribution is 5.82. The first kappa shape index (κ1) is 14.5. The van der Waals surface area contributed by atoms with Crippen LogP contribution in [0.5, 0.6) is 0 Å². The van der Waals surface area contributed by atoms with E-state index in [0.29, 0.717) is 5.41 Å². The van der Waals surface area contributed by atoms with Crippen LogP contribution in [0.3, 0.4) is 0 Å². The second kappa shape index (κ2) is 5.39. The van der Waals surface area contributed by atoms with Crippen molar-refractivity contribution in [1.29, 1.82) is 0 Å². The van der Waals surface area contributed by atoms with Crippen molar-refractivity contribution in [3.63, 3.8) is 0 Å². The second-order valence-corrected chi connectivity index (χ2v) is 6.98. The third kappa shape index (κ3) is 2.68. The maximum Gasteiger partial charge on any atom is 0.150 e. The van der Waals surface area contributed by atoms with Crippen molar-refractivity contribution in [2.24, 2.45) is 5.41 Å². The summed E-state index contributed by atoms with van der Waals surface area (Å²) in [6.45, 7) is 5.16. The molecular formula is C18H24N2O. The topological polar surface area (TPSA) is 32.3 Å². The number of hydrogen-bond donors (Lipinski definition) is 1. The minimum atomic E-state index is 0.561. The van der Waals surface area contributed by atoms with Crippen LogP contribution in [-0.2, 0) is 6.54 Å². The van der Waals surface area contributed by atoms with Crippen molar-refractivity contribution in [2.45, 2.75) is 26.3 Å². The maximum absolute atomic E-state index is 11.5. The van der Waals surface area contributed by atoms with Gasteiger partial charge in [0.1, 0.15) is 0 Å². The first-order chi connectivity index (χ1) is 10.0. The molecule has 2 fully saturated rings. The number of carbonyl (C=O) groups excluding carboxylic acids is 1. The van der Waals surface area contributed by atoms with Gasteiger partial charge in [0.05, 0.1) is 0 Å². The zero-order valence-electron chi connectivity index (χ0n) is 13.2. The lowest BCUT2D eigenvalue weighted by molar-refractivity contribution is 0.112. The largest absolute Gasteiger partial charge is 0.315 e. The summed E-state index contributed by atoms with van der Waals surface area (Å²) in [6.07, 6.45) is 5.75. The van der Waals surface area contributed by atoms with Gasteiger partial charge >= 0.3 is 0 Å². The van der Waals surface area contributed by atoms with Crippen LogP contribution >= 0.6 is 0 Å². The number of nitrogens with zero attached hydrogens (tertiary/aromatic N) is 1. The van der Waals surface area contributed by atoms with E-state index in [1.807, 2.05) is 21.0 Å². The normalized spacial score (nSPS) is 19.3. The van der Waals surface area contributed by atoms with Gasteiger partial charge in [-0.1, -0.05) is 23.8 Å². The Morgan fingerprint density at radius 2 is 2.00 bits per heavy atom. The second-order valence-electron chi connectivity index (χ2n) is 6.98. The summed E-state index contributed by atoms with van der Waals surface area (Å²) in [4.78, 5) is 13.6. The SMILES string of the molecule is Cc1ccc(C=C2CC3(CNC3)C2)c(CN(C)C)c1C=O. The van der Waals surface area contributed by atoms with Gasteiger partial charge in [0.25, 0.3) is 0 Å². The van der Waals surface area contributed by atoms with Gasteiger partial charge in [-0.2, -0.15) is 0 Å². The van der Waals surface area contributed by atoms with E-state index >= 15 is 0 Å². The fourth-order valence-corrected chi connectivity index (χ4v) is 3.55. The Kier molecular flexibility index (Phi) is 3.72. The van der Waals surface area contributed by atoms with Crippen LogP contribution < -0.4 is 5.32 Å². The highest BCUT2D eigenvalue weighted by Gasteiger charge is 2.45. The minimum Gasteiger partial charge on any atom is -0.315 e. The lowest BCUT2D eigenvalue weighted by atomic mass is 9.61. The number of hydrogen-bond acceptors (Lipinski definition) is 3. The smallest absolute Gasteiger partial charge is 0.150 e. The summed E-state index contributed by atoms with van der Waals surface area (Å²) < 4.78 is 0. The Bertz CT molecular complexity index is 587. The molecule has 1 heterocycles. The van der Waals surface area contributed by atoms with Gasteiger partial charge in [-0.25, -0.2) is 0 Å². The number of nitrogens with one attached hydrogen (secondary N) is 1. The van der Waals surface area contributed by atoms with E-state index < -0.39 is 0 Å². The van der Waals surface area contributed by atoms with Crippen LogP contribution in [0.4, 0.5) is 0 Å². The van der Waals surface area contributed by atoms with Gasteiger partial charge in [0.2, 0.25) is 0 Å². The van der Waals surface area contributed by atoms with Gasteiger partial charge < -0.3 is 10.2 Å². The minimum absolute atomic E-state index is 0.561. The number of benzene rings is 1. The van der Waals surface area contributed by atoms with Crippen LogP contribution in [0.1, 0.15) is 39.9 Å². The average Bonchev–Trinajstić information content (AvgIpc) is 2.33. The molecule has 0 aromatic heterocycles. The van der Waals surface area contributed by atoms with Crippen molar-refractivity contribution in [2.75, 3.05) is 27.2 Å². The summed E-state index contributed by atoms with van der Waals surface area (Å²) in [5.41, 5.74) is 6.39. The molecule has 112 valence electrons. The van der Waals surface area contributed by atoms with Crippen LogP contribution in [0, 0.1) is 12.3 Å². The van der Waals surface area contributed by atoms with Gasteiger partial charge in [-0.3, -0.25) is 4.79 Å². The summed E-state index contributed by atoms with van der Waals surface area (Å²) >= 11 is 0. The molecule has 3 nitrogen and oxygen atoms in total. The number of aryl methyl sites for hydroxylation is 1. The molecule has 1 spiro atoms. The Morgan fingerprint density at radius 3 is 2.52 bits per heavy atom. The molecule has 3 heteroatoms. The number of carbonyl (C=O) groups is 1. The summed E-state index contributed by atoms with van der Waals surface area (Å²) in [5.74, 6) is 0. The van der Waals surface area contributed by atoms with Crippen LogP contribution in [0.25, 0.3) is 6.08 Å². The molecule has 0 unspecified atom stereocenters. The van der Waals surface area contributed by atoms with Crippen molar-refractivity contribution in [3.05, 3.63) is 40.0 Å². The number of aldehydes is 1. The van der Waals surface area contributed by atoms with Crippen molar-refractivity contribution in [3.8, 4) is 0 Å². The lowest BCUT2D eigenvalue weighted by Crippen LogP contribution is -2.57. The molecule has 1 aliphatic carbocycles. The standard InChI is InChI=1S/C18H24N2O/c1-13-4-5-15(16(9-20(2)3)17(13)10-21)6-14-7-18(8-14)11-19-12-18/h4-6,10,19H,7-9,11-12H2,1-3H3. The Balaban J connectivity index is 1.90. The number of rotatable bonds is 4. The molecule has 21 heavy (non-hydrogen) atoms. The van der Waals surface area contributed by atoms with E-state index in [0.717, 1.165) is 29.5 Å². The van der Waals surface area contributed by atoms with Crippen LogP contribution in [0.2, 0.25) is 0 Å². The first-order valence-corrected chi connectivity index (χ1v) is 7.66. The summed E-state index contributed by atoms with van der Waals surface area (Å²) in [6, 6.07) is 4.23.